The van der Waals surface area contributed by atoms with Gasteiger partial charge in [-0.25, -0.2) is 0 Å². The smallest absolute Gasteiger partial charge is 0.120 e. The SMILES string of the molecule is CC[NH+](CC)Cc1ccccn1.[Cl-]. The maximum atomic E-state index is 4.29. The van der Waals surface area contributed by atoms with E-state index < -0.39 is 0 Å². The third-order valence-corrected chi connectivity index (χ3v) is 2.16. The minimum absolute atomic E-state index is 0. The molecule has 0 saturated heterocycles. The first-order chi connectivity index (χ1) is 5.86. The lowest BCUT2D eigenvalue weighted by atomic mass is 10.3. The monoisotopic (exact) mass is 200 g/mol. The number of hydrogen-bond donors (Lipinski definition) is 1. The first kappa shape index (κ1) is 12.4. The van der Waals surface area contributed by atoms with Crippen LogP contribution in [0.2, 0.25) is 0 Å². The van der Waals surface area contributed by atoms with Crippen molar-refractivity contribution in [2.45, 2.75) is 20.4 Å². The van der Waals surface area contributed by atoms with E-state index in [0.717, 1.165) is 6.54 Å². The maximum absolute atomic E-state index is 4.29. The number of halogens is 1. The number of quaternary nitrogens is 1. The van der Waals surface area contributed by atoms with Crippen LogP contribution in [0.15, 0.2) is 24.4 Å². The maximum Gasteiger partial charge on any atom is 0.120 e. The first-order valence-corrected chi connectivity index (χ1v) is 4.60. The van der Waals surface area contributed by atoms with Gasteiger partial charge in [-0.05, 0) is 26.0 Å². The minimum atomic E-state index is 0. The number of nitrogens with one attached hydrogen (secondary N) is 1. The van der Waals surface area contributed by atoms with Gasteiger partial charge < -0.3 is 17.3 Å². The molecule has 2 nitrogen and oxygen atoms in total. The molecule has 1 heterocycles. The standard InChI is InChI=1S/C10H16N2.ClH/c1-3-12(4-2)9-10-7-5-6-8-11-10;/h5-8H,3-4,9H2,1-2H3;1H. The summed E-state index contributed by atoms with van der Waals surface area (Å²) >= 11 is 0. The molecule has 0 aromatic carbocycles. The van der Waals surface area contributed by atoms with Crippen molar-refractivity contribution in [1.82, 2.24) is 4.98 Å². The molecule has 3 heteroatoms. The topological polar surface area (TPSA) is 17.3 Å². The second-order valence-electron chi connectivity index (χ2n) is 2.95. The first-order valence-electron chi connectivity index (χ1n) is 4.60. The Kier molecular flexibility index (Phi) is 6.55. The number of aromatic nitrogens is 1. The van der Waals surface area contributed by atoms with Gasteiger partial charge in [0.15, 0.2) is 0 Å². The molecule has 1 rings (SSSR count). The molecule has 0 aliphatic heterocycles. The summed E-state index contributed by atoms with van der Waals surface area (Å²) in [7, 11) is 0. The highest BCUT2D eigenvalue weighted by atomic mass is 35.5. The molecule has 0 amide bonds. The van der Waals surface area contributed by atoms with Crippen LogP contribution in [0.4, 0.5) is 0 Å². The predicted octanol–water partition coefficient (Wildman–Crippen LogP) is -2.49. The van der Waals surface area contributed by atoms with Crippen molar-refractivity contribution in [2.75, 3.05) is 13.1 Å². The van der Waals surface area contributed by atoms with Crippen molar-refractivity contribution in [3.05, 3.63) is 30.1 Å². The molecule has 0 saturated carbocycles. The van der Waals surface area contributed by atoms with E-state index in [1.807, 2.05) is 18.3 Å². The normalized spacial score (nSPS) is 9.77. The molecule has 1 N–H and O–H groups in total. The average molecular weight is 201 g/mol. The summed E-state index contributed by atoms with van der Waals surface area (Å²) in [6.07, 6.45) is 1.86. The van der Waals surface area contributed by atoms with Crippen LogP contribution in [-0.2, 0) is 6.54 Å². The molecule has 0 aliphatic carbocycles. The third-order valence-electron chi connectivity index (χ3n) is 2.16. The summed E-state index contributed by atoms with van der Waals surface area (Å²) in [5.74, 6) is 0. The number of nitrogens with zero attached hydrogens (tertiary/aromatic N) is 1. The number of hydrogen-bond acceptors (Lipinski definition) is 1. The lowest BCUT2D eigenvalue weighted by molar-refractivity contribution is -0.910. The molecule has 0 radical (unpaired) electrons. The summed E-state index contributed by atoms with van der Waals surface area (Å²) in [5.41, 5.74) is 1.19. The fourth-order valence-electron chi connectivity index (χ4n) is 1.26. The Balaban J connectivity index is 0.00000144. The predicted molar refractivity (Wildman–Crippen MR) is 50.0 cm³/mol. The molecule has 0 atom stereocenters. The van der Waals surface area contributed by atoms with Crippen molar-refractivity contribution in [3.63, 3.8) is 0 Å². The van der Waals surface area contributed by atoms with E-state index in [9.17, 15) is 0 Å². The van der Waals surface area contributed by atoms with E-state index in [-0.39, 0.29) is 12.4 Å². The Bertz CT molecular complexity index is 209. The molecule has 1 aromatic rings. The van der Waals surface area contributed by atoms with Gasteiger partial charge in [0.1, 0.15) is 6.54 Å². The van der Waals surface area contributed by atoms with Gasteiger partial charge in [-0.15, -0.1) is 0 Å². The molecule has 0 fully saturated rings. The summed E-state index contributed by atoms with van der Waals surface area (Å²) in [6.45, 7) is 7.82. The van der Waals surface area contributed by atoms with Crippen LogP contribution < -0.4 is 17.3 Å². The van der Waals surface area contributed by atoms with Gasteiger partial charge >= 0.3 is 0 Å². The Hall–Kier alpha value is -0.600. The molecule has 0 spiro atoms. The third kappa shape index (κ3) is 4.25. The molecule has 0 bridgehead atoms. The lowest BCUT2D eigenvalue weighted by Gasteiger charge is -2.14. The van der Waals surface area contributed by atoms with Gasteiger partial charge in [-0.3, -0.25) is 4.98 Å². The van der Waals surface area contributed by atoms with E-state index in [1.165, 1.54) is 18.8 Å². The van der Waals surface area contributed by atoms with Crippen LogP contribution in [0.1, 0.15) is 19.5 Å². The van der Waals surface area contributed by atoms with E-state index in [2.05, 4.69) is 24.9 Å². The van der Waals surface area contributed by atoms with Crippen molar-refractivity contribution >= 4 is 0 Å². The second-order valence-corrected chi connectivity index (χ2v) is 2.95. The molecule has 0 aliphatic rings. The fraction of sp³-hybridized carbons (Fsp3) is 0.500. The quantitative estimate of drug-likeness (QED) is 0.570. The average Bonchev–Trinajstić information content (AvgIpc) is 2.16. The summed E-state index contributed by atoms with van der Waals surface area (Å²) in [5, 5.41) is 0. The summed E-state index contributed by atoms with van der Waals surface area (Å²) < 4.78 is 0. The summed E-state index contributed by atoms with van der Waals surface area (Å²) in [6, 6.07) is 6.09. The van der Waals surface area contributed by atoms with Gasteiger partial charge in [-0.2, -0.15) is 0 Å². The molecular weight excluding hydrogens is 184 g/mol. The van der Waals surface area contributed by atoms with Crippen LogP contribution in [0.3, 0.4) is 0 Å². The van der Waals surface area contributed by atoms with Gasteiger partial charge in [0.25, 0.3) is 0 Å². The highest BCUT2D eigenvalue weighted by Crippen LogP contribution is 1.89. The Morgan fingerprint density at radius 2 is 1.92 bits per heavy atom. The Labute approximate surface area is 86.4 Å². The Morgan fingerprint density at radius 1 is 1.23 bits per heavy atom. The zero-order valence-electron chi connectivity index (χ0n) is 8.26. The Morgan fingerprint density at radius 3 is 2.38 bits per heavy atom. The van der Waals surface area contributed by atoms with Crippen LogP contribution in [-0.4, -0.2) is 18.1 Å². The zero-order chi connectivity index (χ0) is 8.81. The second kappa shape index (κ2) is 6.87. The highest BCUT2D eigenvalue weighted by molar-refractivity contribution is 5.01. The van der Waals surface area contributed by atoms with E-state index >= 15 is 0 Å². The van der Waals surface area contributed by atoms with Gasteiger partial charge in [0, 0.05) is 6.20 Å². The van der Waals surface area contributed by atoms with Crippen molar-refractivity contribution in [3.8, 4) is 0 Å². The molecule has 0 unspecified atom stereocenters. The fourth-order valence-corrected chi connectivity index (χ4v) is 1.26. The number of pyridine rings is 1. The van der Waals surface area contributed by atoms with Gasteiger partial charge in [-0.1, -0.05) is 6.07 Å². The summed E-state index contributed by atoms with van der Waals surface area (Å²) in [4.78, 5) is 5.87. The van der Waals surface area contributed by atoms with Crippen molar-refractivity contribution in [1.29, 1.82) is 0 Å². The van der Waals surface area contributed by atoms with Crippen LogP contribution in [0.5, 0.6) is 0 Å². The lowest BCUT2D eigenvalue weighted by Crippen LogP contribution is -3.10. The molecule has 13 heavy (non-hydrogen) atoms. The minimum Gasteiger partial charge on any atom is -1.00 e. The molecular formula is C10H17ClN2. The molecule has 1 aromatic heterocycles. The zero-order valence-corrected chi connectivity index (χ0v) is 9.01. The molecule has 74 valence electrons. The van der Waals surface area contributed by atoms with Crippen molar-refractivity contribution < 1.29 is 17.3 Å². The largest absolute Gasteiger partial charge is 1.00 e. The van der Waals surface area contributed by atoms with E-state index in [1.54, 1.807) is 4.90 Å². The van der Waals surface area contributed by atoms with Crippen LogP contribution in [0, 0.1) is 0 Å². The van der Waals surface area contributed by atoms with Crippen molar-refractivity contribution in [2.24, 2.45) is 0 Å². The van der Waals surface area contributed by atoms with E-state index in [4.69, 9.17) is 0 Å². The highest BCUT2D eigenvalue weighted by Gasteiger charge is 2.03. The van der Waals surface area contributed by atoms with Gasteiger partial charge in [0.05, 0.1) is 18.8 Å². The van der Waals surface area contributed by atoms with Crippen LogP contribution in [0.25, 0.3) is 0 Å². The van der Waals surface area contributed by atoms with Gasteiger partial charge in [0.2, 0.25) is 0 Å². The number of rotatable bonds is 4. The van der Waals surface area contributed by atoms with Crippen LogP contribution >= 0.6 is 0 Å². The van der Waals surface area contributed by atoms with E-state index in [0.29, 0.717) is 0 Å².